The van der Waals surface area contributed by atoms with Gasteiger partial charge in [-0.2, -0.15) is 0 Å². The van der Waals surface area contributed by atoms with Crippen LogP contribution in [0.4, 0.5) is 0 Å². The van der Waals surface area contributed by atoms with E-state index in [-0.39, 0.29) is 0 Å². The third-order valence-corrected chi connectivity index (χ3v) is 4.96. The van der Waals surface area contributed by atoms with Gasteiger partial charge in [0.25, 0.3) is 0 Å². The van der Waals surface area contributed by atoms with E-state index in [0.717, 1.165) is 26.2 Å². The molecule has 0 bridgehead atoms. The zero-order valence-electron chi connectivity index (χ0n) is 13.7. The molecule has 2 unspecified atom stereocenters. The van der Waals surface area contributed by atoms with Crippen molar-refractivity contribution in [1.29, 1.82) is 0 Å². The van der Waals surface area contributed by atoms with Gasteiger partial charge in [-0.15, -0.1) is 11.3 Å². The van der Waals surface area contributed by atoms with Crippen molar-refractivity contribution < 1.29 is 4.74 Å². The highest BCUT2D eigenvalue weighted by Gasteiger charge is 2.27. The quantitative estimate of drug-likeness (QED) is 0.707. The number of nitrogens with one attached hydrogen (secondary N) is 1. The Morgan fingerprint density at radius 3 is 2.86 bits per heavy atom. The lowest BCUT2D eigenvalue weighted by Gasteiger charge is -2.28. The smallest absolute Gasteiger partial charge is 0.0707 e. The third kappa shape index (κ3) is 5.70. The summed E-state index contributed by atoms with van der Waals surface area (Å²) in [5, 5.41) is 5.64. The van der Waals surface area contributed by atoms with Crippen LogP contribution in [0.3, 0.4) is 0 Å². The Balaban J connectivity index is 1.76. The van der Waals surface area contributed by atoms with Crippen molar-refractivity contribution in [2.75, 3.05) is 19.6 Å². The lowest BCUT2D eigenvalue weighted by atomic mass is 10.1. The normalized spacial score (nSPS) is 22.5. The number of thiophene rings is 1. The highest BCUT2D eigenvalue weighted by molar-refractivity contribution is 7.09. The van der Waals surface area contributed by atoms with Gasteiger partial charge < -0.3 is 10.1 Å². The maximum Gasteiger partial charge on any atom is 0.0707 e. The average Bonchev–Trinajstić information content (AvgIpc) is 3.10. The van der Waals surface area contributed by atoms with Gasteiger partial charge in [0, 0.05) is 30.6 Å². The van der Waals surface area contributed by atoms with E-state index in [4.69, 9.17) is 4.74 Å². The second-order valence-electron chi connectivity index (χ2n) is 6.26. The molecule has 0 radical (unpaired) electrons. The van der Waals surface area contributed by atoms with Crippen molar-refractivity contribution in [3.8, 4) is 0 Å². The van der Waals surface area contributed by atoms with Crippen LogP contribution in [-0.4, -0.2) is 42.8 Å². The molecule has 0 aliphatic carbocycles. The van der Waals surface area contributed by atoms with Gasteiger partial charge in [-0.05, 0) is 51.1 Å². The van der Waals surface area contributed by atoms with E-state index in [1.807, 2.05) is 11.3 Å². The fourth-order valence-electron chi connectivity index (χ4n) is 2.83. The summed E-state index contributed by atoms with van der Waals surface area (Å²) in [5.74, 6) is 0. The first-order valence-electron chi connectivity index (χ1n) is 8.31. The summed E-state index contributed by atoms with van der Waals surface area (Å²) in [6.45, 7) is 11.0. The molecule has 2 heterocycles. The van der Waals surface area contributed by atoms with Crippen LogP contribution >= 0.6 is 11.3 Å². The predicted octanol–water partition coefficient (Wildman–Crippen LogP) is 3.51. The first-order valence-corrected chi connectivity index (χ1v) is 9.19. The average molecular weight is 311 g/mol. The highest BCUT2D eigenvalue weighted by atomic mass is 32.1. The lowest BCUT2D eigenvalue weighted by molar-refractivity contribution is 0.0156. The molecule has 4 heteroatoms. The van der Waals surface area contributed by atoms with E-state index in [9.17, 15) is 0 Å². The number of hydrogen-bond acceptors (Lipinski definition) is 4. The van der Waals surface area contributed by atoms with Crippen LogP contribution in [0, 0.1) is 0 Å². The third-order valence-electron chi connectivity index (χ3n) is 4.10. The highest BCUT2D eigenvalue weighted by Crippen LogP contribution is 2.22. The molecule has 21 heavy (non-hydrogen) atoms. The van der Waals surface area contributed by atoms with Gasteiger partial charge in [-0.1, -0.05) is 13.0 Å². The topological polar surface area (TPSA) is 24.5 Å². The molecule has 1 N–H and O–H groups in total. The van der Waals surface area contributed by atoms with Crippen molar-refractivity contribution in [2.24, 2.45) is 0 Å². The Bertz CT molecular complexity index is 380. The van der Waals surface area contributed by atoms with Crippen molar-refractivity contribution >= 4 is 11.3 Å². The van der Waals surface area contributed by atoms with Crippen LogP contribution in [0.5, 0.6) is 0 Å². The van der Waals surface area contributed by atoms with E-state index in [2.05, 4.69) is 48.5 Å². The van der Waals surface area contributed by atoms with Gasteiger partial charge in [-0.3, -0.25) is 4.90 Å². The second kappa shape index (κ2) is 8.89. The molecular formula is C17H30N2OS. The molecule has 0 aromatic carbocycles. The number of ether oxygens (including phenoxy) is 1. The van der Waals surface area contributed by atoms with Crippen molar-refractivity contribution in [3.63, 3.8) is 0 Å². The summed E-state index contributed by atoms with van der Waals surface area (Å²) in [7, 11) is 0. The minimum Gasteiger partial charge on any atom is -0.372 e. The molecule has 2 rings (SSSR count). The zero-order valence-corrected chi connectivity index (χ0v) is 14.5. The van der Waals surface area contributed by atoms with Crippen molar-refractivity contribution in [2.45, 2.75) is 64.8 Å². The lowest BCUT2D eigenvalue weighted by Crippen LogP contribution is -2.37. The molecule has 1 saturated heterocycles. The molecule has 0 spiro atoms. The summed E-state index contributed by atoms with van der Waals surface area (Å²) in [4.78, 5) is 3.99. The van der Waals surface area contributed by atoms with Crippen LogP contribution in [0.15, 0.2) is 17.5 Å². The van der Waals surface area contributed by atoms with Crippen LogP contribution in [0.1, 0.15) is 44.9 Å². The fraction of sp³-hybridized carbons (Fsp3) is 0.765. The summed E-state index contributed by atoms with van der Waals surface area (Å²) >= 11 is 1.85. The predicted molar refractivity (Wildman–Crippen MR) is 90.9 cm³/mol. The molecular weight excluding hydrogens is 280 g/mol. The molecule has 0 saturated carbocycles. The van der Waals surface area contributed by atoms with Gasteiger partial charge in [0.15, 0.2) is 0 Å². The van der Waals surface area contributed by atoms with E-state index in [1.54, 1.807) is 0 Å². The van der Waals surface area contributed by atoms with Crippen LogP contribution in [-0.2, 0) is 11.3 Å². The Morgan fingerprint density at radius 2 is 2.19 bits per heavy atom. The maximum atomic E-state index is 6.21. The Morgan fingerprint density at radius 1 is 1.38 bits per heavy atom. The monoisotopic (exact) mass is 310 g/mol. The molecule has 2 atom stereocenters. The molecule has 1 fully saturated rings. The van der Waals surface area contributed by atoms with Gasteiger partial charge >= 0.3 is 0 Å². The standard InChI is InChI=1S/C17H30N2OS/c1-4-9-18-11-15-7-8-16(20-15)12-19(14(2)3)13-17-6-5-10-21-17/h5-6,10,14-16,18H,4,7-9,11-13H2,1-3H3. The number of rotatable bonds is 9. The van der Waals surface area contributed by atoms with E-state index in [1.165, 1.54) is 24.1 Å². The first kappa shape index (κ1) is 16.9. The minimum atomic E-state index is 0.404. The molecule has 120 valence electrons. The van der Waals surface area contributed by atoms with Gasteiger partial charge in [-0.25, -0.2) is 0 Å². The molecule has 0 amide bonds. The largest absolute Gasteiger partial charge is 0.372 e. The molecule has 1 aliphatic rings. The summed E-state index contributed by atoms with van der Waals surface area (Å²) in [5.41, 5.74) is 0. The van der Waals surface area contributed by atoms with Crippen LogP contribution in [0.25, 0.3) is 0 Å². The van der Waals surface area contributed by atoms with Gasteiger partial charge in [0.1, 0.15) is 0 Å². The van der Waals surface area contributed by atoms with Gasteiger partial charge in [0.2, 0.25) is 0 Å². The van der Waals surface area contributed by atoms with E-state index in [0.29, 0.717) is 18.2 Å². The summed E-state index contributed by atoms with van der Waals surface area (Å²) in [6, 6.07) is 4.93. The van der Waals surface area contributed by atoms with Crippen LogP contribution < -0.4 is 5.32 Å². The van der Waals surface area contributed by atoms with Crippen LogP contribution in [0.2, 0.25) is 0 Å². The second-order valence-corrected chi connectivity index (χ2v) is 7.30. The minimum absolute atomic E-state index is 0.404. The molecule has 1 aliphatic heterocycles. The van der Waals surface area contributed by atoms with E-state index < -0.39 is 0 Å². The van der Waals surface area contributed by atoms with Crippen molar-refractivity contribution in [3.05, 3.63) is 22.4 Å². The maximum absolute atomic E-state index is 6.21. The Hall–Kier alpha value is -0.420. The summed E-state index contributed by atoms with van der Waals surface area (Å²) in [6.07, 6.45) is 4.41. The van der Waals surface area contributed by atoms with E-state index >= 15 is 0 Å². The fourth-order valence-corrected chi connectivity index (χ4v) is 3.56. The van der Waals surface area contributed by atoms with Gasteiger partial charge in [0.05, 0.1) is 12.2 Å². The molecule has 3 nitrogen and oxygen atoms in total. The first-order chi connectivity index (χ1) is 10.2. The SMILES string of the molecule is CCCNCC1CCC(CN(Cc2cccs2)C(C)C)O1. The number of hydrogen-bond donors (Lipinski definition) is 1. The Kier molecular flexibility index (Phi) is 7.17. The Labute approximate surface area is 133 Å². The van der Waals surface area contributed by atoms with Crippen molar-refractivity contribution in [1.82, 2.24) is 10.2 Å². The summed E-state index contributed by atoms with van der Waals surface area (Å²) < 4.78 is 6.21. The molecule has 1 aromatic heterocycles. The molecule has 1 aromatic rings. The zero-order chi connectivity index (χ0) is 15.1. The number of nitrogens with zero attached hydrogens (tertiary/aromatic N) is 1.